The SMILES string of the molecule is COc1ccc(C)cc1CN(C)CC(=O)Nc1ccccc1C(=O)Nc1ccccc1. The zero-order valence-electron chi connectivity index (χ0n) is 18.0. The smallest absolute Gasteiger partial charge is 0.257 e. The van der Waals surface area contributed by atoms with E-state index in [0.29, 0.717) is 23.5 Å². The molecule has 0 heterocycles. The number of nitrogens with zero attached hydrogens (tertiary/aromatic N) is 1. The molecule has 0 aliphatic heterocycles. The molecule has 3 aromatic rings. The Morgan fingerprint density at radius 3 is 2.39 bits per heavy atom. The van der Waals surface area contributed by atoms with Crippen molar-refractivity contribution in [3.8, 4) is 5.75 Å². The molecule has 0 saturated carbocycles. The number of ether oxygens (including phenoxy) is 1. The van der Waals surface area contributed by atoms with Gasteiger partial charge in [-0.15, -0.1) is 0 Å². The van der Waals surface area contributed by atoms with Gasteiger partial charge in [0.2, 0.25) is 5.91 Å². The largest absolute Gasteiger partial charge is 0.496 e. The van der Waals surface area contributed by atoms with Gasteiger partial charge in [-0.05, 0) is 44.3 Å². The Hall–Kier alpha value is -3.64. The van der Waals surface area contributed by atoms with Gasteiger partial charge in [0.1, 0.15) is 5.75 Å². The zero-order valence-corrected chi connectivity index (χ0v) is 18.0. The molecule has 0 spiro atoms. The van der Waals surface area contributed by atoms with Crippen LogP contribution in [0.4, 0.5) is 11.4 Å². The van der Waals surface area contributed by atoms with Crippen LogP contribution in [0.15, 0.2) is 72.8 Å². The Balaban J connectivity index is 1.64. The molecule has 0 bridgehead atoms. The number of amides is 2. The lowest BCUT2D eigenvalue weighted by atomic mass is 10.1. The number of rotatable bonds is 8. The maximum absolute atomic E-state index is 12.7. The first-order valence-electron chi connectivity index (χ1n) is 10.0. The minimum absolute atomic E-state index is 0.172. The van der Waals surface area contributed by atoms with Crippen molar-refractivity contribution in [1.82, 2.24) is 4.90 Å². The molecule has 6 heteroatoms. The van der Waals surface area contributed by atoms with Gasteiger partial charge in [-0.3, -0.25) is 14.5 Å². The first-order chi connectivity index (χ1) is 15.0. The number of carbonyl (C=O) groups excluding carboxylic acids is 2. The Morgan fingerprint density at radius 1 is 0.935 bits per heavy atom. The normalized spacial score (nSPS) is 10.6. The van der Waals surface area contributed by atoms with Crippen molar-refractivity contribution in [3.05, 3.63) is 89.5 Å². The van der Waals surface area contributed by atoms with Gasteiger partial charge in [-0.2, -0.15) is 0 Å². The first kappa shape index (κ1) is 22.1. The molecule has 31 heavy (non-hydrogen) atoms. The highest BCUT2D eigenvalue weighted by molar-refractivity contribution is 6.10. The fraction of sp³-hybridized carbons (Fsp3) is 0.200. The number of anilines is 2. The van der Waals surface area contributed by atoms with Crippen molar-refractivity contribution in [2.24, 2.45) is 0 Å². The summed E-state index contributed by atoms with van der Waals surface area (Å²) in [5, 5.41) is 5.71. The highest BCUT2D eigenvalue weighted by Gasteiger charge is 2.15. The first-order valence-corrected chi connectivity index (χ1v) is 10.0. The van der Waals surface area contributed by atoms with Crippen molar-refractivity contribution in [3.63, 3.8) is 0 Å². The maximum atomic E-state index is 12.7. The van der Waals surface area contributed by atoms with E-state index in [1.165, 1.54) is 0 Å². The van der Waals surface area contributed by atoms with Crippen LogP contribution >= 0.6 is 0 Å². The number of carbonyl (C=O) groups is 2. The highest BCUT2D eigenvalue weighted by atomic mass is 16.5. The van der Waals surface area contributed by atoms with Gasteiger partial charge in [0.15, 0.2) is 0 Å². The van der Waals surface area contributed by atoms with Gasteiger partial charge in [0, 0.05) is 17.8 Å². The number of hydrogen-bond acceptors (Lipinski definition) is 4. The number of hydrogen-bond donors (Lipinski definition) is 2. The minimum Gasteiger partial charge on any atom is -0.496 e. The van der Waals surface area contributed by atoms with Crippen molar-refractivity contribution in [2.75, 3.05) is 31.3 Å². The van der Waals surface area contributed by atoms with E-state index in [0.717, 1.165) is 16.9 Å². The molecule has 0 fully saturated rings. The Morgan fingerprint density at radius 2 is 1.65 bits per heavy atom. The molecule has 0 saturated heterocycles. The van der Waals surface area contributed by atoms with Gasteiger partial charge in [-0.1, -0.05) is 48.0 Å². The topological polar surface area (TPSA) is 70.7 Å². The van der Waals surface area contributed by atoms with Gasteiger partial charge in [0.05, 0.1) is 24.9 Å². The molecule has 0 aliphatic rings. The van der Waals surface area contributed by atoms with Crippen LogP contribution in [0.5, 0.6) is 5.75 Å². The lowest BCUT2D eigenvalue weighted by Gasteiger charge is -2.19. The molecule has 0 aromatic heterocycles. The van der Waals surface area contributed by atoms with E-state index in [1.54, 1.807) is 31.4 Å². The van der Waals surface area contributed by atoms with Crippen LogP contribution < -0.4 is 15.4 Å². The predicted octanol–water partition coefficient (Wildman–Crippen LogP) is 4.33. The lowest BCUT2D eigenvalue weighted by molar-refractivity contribution is -0.117. The van der Waals surface area contributed by atoms with E-state index >= 15 is 0 Å². The average Bonchev–Trinajstić information content (AvgIpc) is 2.74. The van der Waals surface area contributed by atoms with Gasteiger partial charge in [0.25, 0.3) is 5.91 Å². The lowest BCUT2D eigenvalue weighted by Crippen LogP contribution is -2.30. The van der Waals surface area contributed by atoms with E-state index in [9.17, 15) is 9.59 Å². The van der Waals surface area contributed by atoms with Crippen LogP contribution in [0.3, 0.4) is 0 Å². The minimum atomic E-state index is -0.278. The van der Waals surface area contributed by atoms with E-state index < -0.39 is 0 Å². The van der Waals surface area contributed by atoms with Crippen LogP contribution in [0, 0.1) is 6.92 Å². The summed E-state index contributed by atoms with van der Waals surface area (Å²) in [7, 11) is 3.51. The molecule has 2 amide bonds. The molecule has 0 aliphatic carbocycles. The van der Waals surface area contributed by atoms with Crippen LogP contribution in [0.25, 0.3) is 0 Å². The van der Waals surface area contributed by atoms with Crippen molar-refractivity contribution in [1.29, 1.82) is 0 Å². The summed E-state index contributed by atoms with van der Waals surface area (Å²) in [5.41, 5.74) is 3.72. The second-order valence-corrected chi connectivity index (χ2v) is 7.40. The summed E-state index contributed by atoms with van der Waals surface area (Å²) in [5.74, 6) is 0.315. The molecular formula is C25H27N3O3. The number of para-hydroxylation sites is 2. The third-order valence-electron chi connectivity index (χ3n) is 4.77. The van der Waals surface area contributed by atoms with E-state index in [-0.39, 0.29) is 18.4 Å². The van der Waals surface area contributed by atoms with Gasteiger partial charge in [-0.25, -0.2) is 0 Å². The zero-order chi connectivity index (χ0) is 22.2. The summed E-state index contributed by atoms with van der Waals surface area (Å²) in [4.78, 5) is 27.2. The highest BCUT2D eigenvalue weighted by Crippen LogP contribution is 2.21. The van der Waals surface area contributed by atoms with Crippen molar-refractivity contribution < 1.29 is 14.3 Å². The number of nitrogens with one attached hydrogen (secondary N) is 2. The molecule has 0 radical (unpaired) electrons. The standard InChI is InChI=1S/C25H27N3O3/c1-18-13-14-23(31-3)19(15-18)16-28(2)17-24(29)27-22-12-8-7-11-21(22)25(30)26-20-9-5-4-6-10-20/h4-15H,16-17H2,1-3H3,(H,26,30)(H,27,29). The fourth-order valence-corrected chi connectivity index (χ4v) is 3.32. The maximum Gasteiger partial charge on any atom is 0.257 e. The summed E-state index contributed by atoms with van der Waals surface area (Å²) in [6.07, 6.45) is 0. The summed E-state index contributed by atoms with van der Waals surface area (Å²) >= 11 is 0. The number of aryl methyl sites for hydroxylation is 1. The molecule has 160 valence electrons. The average molecular weight is 418 g/mol. The fourth-order valence-electron chi connectivity index (χ4n) is 3.32. The predicted molar refractivity (Wildman–Crippen MR) is 124 cm³/mol. The van der Waals surface area contributed by atoms with Crippen LogP contribution in [-0.4, -0.2) is 37.4 Å². The number of likely N-dealkylation sites (N-methyl/N-ethyl adjacent to an activating group) is 1. The quantitative estimate of drug-likeness (QED) is 0.572. The molecule has 6 nitrogen and oxygen atoms in total. The van der Waals surface area contributed by atoms with Gasteiger partial charge < -0.3 is 15.4 Å². The third-order valence-corrected chi connectivity index (χ3v) is 4.77. The molecule has 2 N–H and O–H groups in total. The Kier molecular flexibility index (Phi) is 7.40. The Labute approximate surface area is 182 Å². The Bertz CT molecular complexity index is 1050. The monoisotopic (exact) mass is 417 g/mol. The molecule has 3 rings (SSSR count). The van der Waals surface area contributed by atoms with Crippen molar-refractivity contribution in [2.45, 2.75) is 13.5 Å². The van der Waals surface area contributed by atoms with Crippen LogP contribution in [-0.2, 0) is 11.3 Å². The molecule has 0 unspecified atom stereocenters. The summed E-state index contributed by atoms with van der Waals surface area (Å²) < 4.78 is 5.42. The summed E-state index contributed by atoms with van der Waals surface area (Å²) in [6, 6.07) is 22.2. The summed E-state index contributed by atoms with van der Waals surface area (Å²) in [6.45, 7) is 2.76. The van der Waals surface area contributed by atoms with E-state index in [4.69, 9.17) is 4.74 Å². The number of benzene rings is 3. The van der Waals surface area contributed by atoms with Crippen molar-refractivity contribution >= 4 is 23.2 Å². The second kappa shape index (κ2) is 10.4. The molecule has 3 aromatic carbocycles. The van der Waals surface area contributed by atoms with Crippen LogP contribution in [0.1, 0.15) is 21.5 Å². The third kappa shape index (κ3) is 6.17. The van der Waals surface area contributed by atoms with Crippen LogP contribution in [0.2, 0.25) is 0 Å². The second-order valence-electron chi connectivity index (χ2n) is 7.40. The number of methoxy groups -OCH3 is 1. The van der Waals surface area contributed by atoms with E-state index in [2.05, 4.69) is 16.7 Å². The molecule has 0 atom stereocenters. The molecular weight excluding hydrogens is 390 g/mol. The van der Waals surface area contributed by atoms with E-state index in [1.807, 2.05) is 61.3 Å². The van der Waals surface area contributed by atoms with Gasteiger partial charge >= 0.3 is 0 Å².